The number of nitrogens with one attached hydrogen (secondary N) is 2. The van der Waals surface area contributed by atoms with Gasteiger partial charge in [0, 0.05) is 18.6 Å². The van der Waals surface area contributed by atoms with Gasteiger partial charge in [-0.2, -0.15) is 0 Å². The third-order valence-electron chi connectivity index (χ3n) is 2.48. The van der Waals surface area contributed by atoms with Crippen LogP contribution >= 0.6 is 0 Å². The highest BCUT2D eigenvalue weighted by Crippen LogP contribution is 2.03. The molecule has 0 bridgehead atoms. The molecule has 1 fully saturated rings. The molecule has 72 valence electrons. The summed E-state index contributed by atoms with van der Waals surface area (Å²) in [6.45, 7) is 4.56. The SMILES string of the molecule is CCC(CO)NC1CCCNC1. The molecule has 0 aromatic carbocycles. The molecule has 3 heteroatoms. The average molecular weight is 172 g/mol. The third-order valence-corrected chi connectivity index (χ3v) is 2.48. The van der Waals surface area contributed by atoms with E-state index in [-0.39, 0.29) is 12.6 Å². The average Bonchev–Trinajstić information content (AvgIpc) is 2.16. The van der Waals surface area contributed by atoms with E-state index in [1.54, 1.807) is 0 Å². The molecule has 3 N–H and O–H groups in total. The highest BCUT2D eigenvalue weighted by Gasteiger charge is 2.15. The van der Waals surface area contributed by atoms with Crippen molar-refractivity contribution >= 4 is 0 Å². The Morgan fingerprint density at radius 1 is 1.67 bits per heavy atom. The lowest BCUT2D eigenvalue weighted by Gasteiger charge is -2.27. The Bertz CT molecular complexity index is 109. The number of hydrogen-bond donors (Lipinski definition) is 3. The van der Waals surface area contributed by atoms with Crippen LogP contribution in [0.3, 0.4) is 0 Å². The van der Waals surface area contributed by atoms with E-state index in [1.165, 1.54) is 12.8 Å². The van der Waals surface area contributed by atoms with Crippen molar-refractivity contribution < 1.29 is 5.11 Å². The van der Waals surface area contributed by atoms with Crippen molar-refractivity contribution in [3.63, 3.8) is 0 Å². The molecule has 0 aromatic rings. The lowest BCUT2D eigenvalue weighted by Crippen LogP contribution is -2.48. The molecule has 1 saturated heterocycles. The van der Waals surface area contributed by atoms with Gasteiger partial charge in [0.05, 0.1) is 6.61 Å². The van der Waals surface area contributed by atoms with Crippen molar-refractivity contribution in [3.8, 4) is 0 Å². The van der Waals surface area contributed by atoms with Gasteiger partial charge in [-0.1, -0.05) is 6.92 Å². The van der Waals surface area contributed by atoms with Crippen LogP contribution < -0.4 is 10.6 Å². The van der Waals surface area contributed by atoms with Gasteiger partial charge >= 0.3 is 0 Å². The Kier molecular flexibility index (Phi) is 4.58. The molecule has 0 radical (unpaired) electrons. The molecule has 0 amide bonds. The van der Waals surface area contributed by atoms with Gasteiger partial charge in [-0.25, -0.2) is 0 Å². The second-order valence-electron chi connectivity index (χ2n) is 3.50. The molecule has 1 aliphatic rings. The van der Waals surface area contributed by atoms with Crippen LogP contribution in [-0.2, 0) is 0 Å². The minimum Gasteiger partial charge on any atom is -0.395 e. The zero-order valence-electron chi connectivity index (χ0n) is 7.84. The van der Waals surface area contributed by atoms with Crippen LogP contribution in [0.4, 0.5) is 0 Å². The van der Waals surface area contributed by atoms with E-state index >= 15 is 0 Å². The highest BCUT2D eigenvalue weighted by molar-refractivity contribution is 4.78. The molecule has 0 aliphatic carbocycles. The van der Waals surface area contributed by atoms with Gasteiger partial charge in [-0.3, -0.25) is 0 Å². The Hall–Kier alpha value is -0.120. The summed E-state index contributed by atoms with van der Waals surface area (Å²) >= 11 is 0. The van der Waals surface area contributed by atoms with Crippen LogP contribution in [-0.4, -0.2) is 36.9 Å². The molecule has 0 aromatic heterocycles. The summed E-state index contributed by atoms with van der Waals surface area (Å²) in [5.41, 5.74) is 0. The quantitative estimate of drug-likeness (QED) is 0.563. The van der Waals surface area contributed by atoms with E-state index in [0.29, 0.717) is 6.04 Å². The summed E-state index contributed by atoms with van der Waals surface area (Å²) < 4.78 is 0. The summed E-state index contributed by atoms with van der Waals surface area (Å²) in [7, 11) is 0. The van der Waals surface area contributed by atoms with E-state index in [4.69, 9.17) is 5.11 Å². The van der Waals surface area contributed by atoms with Crippen LogP contribution in [0, 0.1) is 0 Å². The van der Waals surface area contributed by atoms with E-state index in [2.05, 4.69) is 17.6 Å². The van der Waals surface area contributed by atoms with Gasteiger partial charge in [-0.15, -0.1) is 0 Å². The summed E-state index contributed by atoms with van der Waals surface area (Å²) in [5.74, 6) is 0. The normalized spacial score (nSPS) is 27.0. The predicted molar refractivity (Wildman–Crippen MR) is 50.2 cm³/mol. The maximum Gasteiger partial charge on any atom is 0.0584 e. The van der Waals surface area contributed by atoms with Crippen LogP contribution in [0.2, 0.25) is 0 Å². The Balaban J connectivity index is 2.18. The zero-order valence-corrected chi connectivity index (χ0v) is 7.84. The van der Waals surface area contributed by atoms with Gasteiger partial charge in [-0.05, 0) is 25.8 Å². The van der Waals surface area contributed by atoms with Crippen molar-refractivity contribution in [2.24, 2.45) is 0 Å². The fourth-order valence-corrected chi connectivity index (χ4v) is 1.63. The monoisotopic (exact) mass is 172 g/mol. The smallest absolute Gasteiger partial charge is 0.0584 e. The summed E-state index contributed by atoms with van der Waals surface area (Å²) in [6.07, 6.45) is 3.50. The first-order valence-electron chi connectivity index (χ1n) is 4.94. The van der Waals surface area contributed by atoms with Gasteiger partial charge < -0.3 is 15.7 Å². The second-order valence-corrected chi connectivity index (χ2v) is 3.50. The zero-order chi connectivity index (χ0) is 8.81. The van der Waals surface area contributed by atoms with Crippen LogP contribution in [0.1, 0.15) is 26.2 Å². The molecule has 2 atom stereocenters. The standard InChI is InChI=1S/C9H20N2O/c1-2-8(7-12)11-9-4-3-5-10-6-9/h8-12H,2-7H2,1H3. The Labute approximate surface area is 74.5 Å². The van der Waals surface area contributed by atoms with E-state index in [1.807, 2.05) is 0 Å². The fraction of sp³-hybridized carbons (Fsp3) is 1.00. The van der Waals surface area contributed by atoms with Crippen molar-refractivity contribution in [3.05, 3.63) is 0 Å². The van der Waals surface area contributed by atoms with Crippen molar-refractivity contribution in [1.29, 1.82) is 0 Å². The molecule has 1 rings (SSSR count). The first-order valence-corrected chi connectivity index (χ1v) is 4.94. The number of rotatable bonds is 4. The number of hydrogen-bond acceptors (Lipinski definition) is 3. The number of aliphatic hydroxyl groups excluding tert-OH is 1. The summed E-state index contributed by atoms with van der Waals surface area (Å²) in [5, 5.41) is 15.8. The summed E-state index contributed by atoms with van der Waals surface area (Å²) in [4.78, 5) is 0. The molecule has 12 heavy (non-hydrogen) atoms. The molecule has 2 unspecified atom stereocenters. The molecule has 3 nitrogen and oxygen atoms in total. The van der Waals surface area contributed by atoms with E-state index in [9.17, 15) is 0 Å². The first-order chi connectivity index (χ1) is 5.86. The van der Waals surface area contributed by atoms with Gasteiger partial charge in [0.1, 0.15) is 0 Å². The van der Waals surface area contributed by atoms with Gasteiger partial charge in [0.15, 0.2) is 0 Å². The largest absolute Gasteiger partial charge is 0.395 e. The minimum absolute atomic E-state index is 0.257. The van der Waals surface area contributed by atoms with Crippen molar-refractivity contribution in [1.82, 2.24) is 10.6 Å². The Morgan fingerprint density at radius 2 is 2.50 bits per heavy atom. The van der Waals surface area contributed by atoms with E-state index in [0.717, 1.165) is 19.5 Å². The number of piperidine rings is 1. The van der Waals surface area contributed by atoms with Gasteiger partial charge in [0.25, 0.3) is 0 Å². The molecule has 1 aliphatic heterocycles. The van der Waals surface area contributed by atoms with Crippen LogP contribution in [0.5, 0.6) is 0 Å². The number of aliphatic hydroxyl groups is 1. The van der Waals surface area contributed by atoms with Crippen molar-refractivity contribution in [2.75, 3.05) is 19.7 Å². The highest BCUT2D eigenvalue weighted by atomic mass is 16.3. The fourth-order valence-electron chi connectivity index (χ4n) is 1.63. The molecular weight excluding hydrogens is 152 g/mol. The maximum absolute atomic E-state index is 8.97. The van der Waals surface area contributed by atoms with Crippen LogP contribution in [0.25, 0.3) is 0 Å². The molecule has 0 spiro atoms. The van der Waals surface area contributed by atoms with E-state index < -0.39 is 0 Å². The van der Waals surface area contributed by atoms with Crippen LogP contribution in [0.15, 0.2) is 0 Å². The lowest BCUT2D eigenvalue weighted by molar-refractivity contribution is 0.218. The maximum atomic E-state index is 8.97. The molecule has 1 heterocycles. The molecule has 0 saturated carbocycles. The Morgan fingerprint density at radius 3 is 3.00 bits per heavy atom. The lowest BCUT2D eigenvalue weighted by atomic mass is 10.1. The third kappa shape index (κ3) is 3.09. The summed E-state index contributed by atoms with van der Waals surface area (Å²) in [6, 6.07) is 0.853. The van der Waals surface area contributed by atoms with Crippen molar-refractivity contribution in [2.45, 2.75) is 38.3 Å². The predicted octanol–water partition coefficient (Wildman–Crippen LogP) is 0.0989. The minimum atomic E-state index is 0.257. The molecular formula is C9H20N2O. The second kappa shape index (κ2) is 5.51. The topological polar surface area (TPSA) is 44.3 Å². The van der Waals surface area contributed by atoms with Gasteiger partial charge in [0.2, 0.25) is 0 Å². The first kappa shape index (κ1) is 9.96.